The van der Waals surface area contributed by atoms with Gasteiger partial charge in [0.15, 0.2) is 5.78 Å². The van der Waals surface area contributed by atoms with Gasteiger partial charge in [-0.2, -0.15) is 0 Å². The van der Waals surface area contributed by atoms with E-state index < -0.39 is 0 Å². The summed E-state index contributed by atoms with van der Waals surface area (Å²) in [7, 11) is 0. The van der Waals surface area contributed by atoms with Crippen molar-refractivity contribution in [3.63, 3.8) is 0 Å². The van der Waals surface area contributed by atoms with E-state index in [9.17, 15) is 9.59 Å². The van der Waals surface area contributed by atoms with Crippen molar-refractivity contribution in [1.82, 2.24) is 0 Å². The van der Waals surface area contributed by atoms with Crippen molar-refractivity contribution in [3.8, 4) is 0 Å². The highest BCUT2D eigenvalue weighted by Gasteiger charge is 2.61. The van der Waals surface area contributed by atoms with E-state index in [1.54, 1.807) is 5.57 Å². The van der Waals surface area contributed by atoms with Crippen LogP contribution in [0.25, 0.3) is 0 Å². The topological polar surface area (TPSA) is 34.1 Å². The normalized spacial score (nSPS) is 38.7. The van der Waals surface area contributed by atoms with Gasteiger partial charge in [-0.25, -0.2) is 0 Å². The molecule has 0 saturated heterocycles. The zero-order valence-corrected chi connectivity index (χ0v) is 20.8. The van der Waals surface area contributed by atoms with Gasteiger partial charge in [0.05, 0.1) is 0 Å². The standard InChI is InChI=1S/C29H33BrO2/c1-16-13-25-23-11-7-19-14-21(31)10-12-22(19)26(23)24(17-5-8-20(30)9-6-17)15-29(25,2)27(16)28(32)18-3-4-18/h5-6,8-9,14,16,18,23-25,27H,3-4,7,10-13,15H2,1-2H3/t16?,23-,24?,25-,27?,29-/m0/s1. The first kappa shape index (κ1) is 21.1. The molecule has 0 aromatic heterocycles. The van der Waals surface area contributed by atoms with E-state index in [4.69, 9.17) is 0 Å². The molecule has 2 nitrogen and oxygen atoms in total. The van der Waals surface area contributed by atoms with Gasteiger partial charge >= 0.3 is 0 Å². The maximum absolute atomic E-state index is 13.5. The van der Waals surface area contributed by atoms with Crippen LogP contribution in [0.5, 0.6) is 0 Å². The Balaban J connectivity index is 1.50. The summed E-state index contributed by atoms with van der Waals surface area (Å²) < 4.78 is 1.11. The average Bonchev–Trinajstić information content (AvgIpc) is 3.57. The van der Waals surface area contributed by atoms with Crippen LogP contribution in [-0.2, 0) is 9.59 Å². The molecular weight excluding hydrogens is 460 g/mol. The van der Waals surface area contributed by atoms with Crippen LogP contribution >= 0.6 is 15.9 Å². The Morgan fingerprint density at radius 3 is 2.53 bits per heavy atom. The first-order valence-electron chi connectivity index (χ1n) is 12.6. The third kappa shape index (κ3) is 3.17. The molecule has 0 bridgehead atoms. The number of Topliss-reactive ketones (excluding diaryl/α,β-unsaturated/α-hetero) is 1. The highest BCUT2D eigenvalue weighted by atomic mass is 79.9. The minimum atomic E-state index is 0.0806. The molecule has 0 spiro atoms. The molecule has 6 rings (SSSR count). The number of allylic oxidation sites excluding steroid dienone is 4. The van der Waals surface area contributed by atoms with Crippen molar-refractivity contribution in [2.45, 2.75) is 71.1 Å². The number of rotatable bonds is 3. The van der Waals surface area contributed by atoms with Crippen LogP contribution < -0.4 is 0 Å². The zero-order chi connectivity index (χ0) is 22.2. The van der Waals surface area contributed by atoms with Crippen LogP contribution in [0.4, 0.5) is 0 Å². The average molecular weight is 493 g/mol. The number of carbonyl (C=O) groups excluding carboxylic acids is 2. The summed E-state index contributed by atoms with van der Waals surface area (Å²) in [5, 5.41) is 0. The summed E-state index contributed by atoms with van der Waals surface area (Å²) in [4.78, 5) is 25.7. The second kappa shape index (κ2) is 7.52. The maximum atomic E-state index is 13.5. The summed E-state index contributed by atoms with van der Waals surface area (Å²) in [6.45, 7) is 4.82. The Kier molecular flexibility index (Phi) is 4.95. The number of benzene rings is 1. The fourth-order valence-corrected chi connectivity index (χ4v) is 8.51. The third-order valence-corrected chi connectivity index (χ3v) is 10.2. The van der Waals surface area contributed by atoms with Crippen molar-refractivity contribution in [2.75, 3.05) is 0 Å². The first-order chi connectivity index (χ1) is 15.4. The smallest absolute Gasteiger partial charge is 0.156 e. The minimum Gasteiger partial charge on any atom is -0.299 e. The Hall–Kier alpha value is -1.48. The van der Waals surface area contributed by atoms with E-state index >= 15 is 0 Å². The van der Waals surface area contributed by atoms with Crippen molar-refractivity contribution in [3.05, 3.63) is 57.1 Å². The van der Waals surface area contributed by atoms with Gasteiger partial charge in [0.25, 0.3) is 0 Å². The van der Waals surface area contributed by atoms with Crippen molar-refractivity contribution >= 4 is 27.5 Å². The van der Waals surface area contributed by atoms with Crippen LogP contribution in [0, 0.1) is 35.0 Å². The quantitative estimate of drug-likeness (QED) is 0.447. The Morgan fingerprint density at radius 1 is 1.06 bits per heavy atom. The summed E-state index contributed by atoms with van der Waals surface area (Å²) in [6, 6.07) is 8.90. The van der Waals surface area contributed by atoms with E-state index in [1.165, 1.54) is 23.1 Å². The predicted octanol–water partition coefficient (Wildman–Crippen LogP) is 7.19. The second-order valence-electron chi connectivity index (χ2n) is 11.5. The molecule has 5 aliphatic rings. The van der Waals surface area contributed by atoms with Crippen molar-refractivity contribution in [2.24, 2.45) is 35.0 Å². The van der Waals surface area contributed by atoms with Gasteiger partial charge < -0.3 is 0 Å². The van der Waals surface area contributed by atoms with Crippen molar-refractivity contribution < 1.29 is 9.59 Å². The first-order valence-corrected chi connectivity index (χ1v) is 13.4. The second-order valence-corrected chi connectivity index (χ2v) is 12.4. The predicted molar refractivity (Wildman–Crippen MR) is 130 cm³/mol. The molecule has 5 aliphatic carbocycles. The maximum Gasteiger partial charge on any atom is 0.156 e. The number of carbonyl (C=O) groups is 2. The lowest BCUT2D eigenvalue weighted by Crippen LogP contribution is -2.45. The van der Waals surface area contributed by atoms with E-state index in [0.29, 0.717) is 47.6 Å². The van der Waals surface area contributed by atoms with Gasteiger partial charge in [-0.05, 0) is 103 Å². The molecule has 3 fully saturated rings. The third-order valence-electron chi connectivity index (χ3n) is 9.63. The highest BCUT2D eigenvalue weighted by Crippen LogP contribution is 2.67. The van der Waals surface area contributed by atoms with Gasteiger partial charge in [-0.15, -0.1) is 0 Å². The summed E-state index contributed by atoms with van der Waals surface area (Å²) in [5.41, 5.74) is 5.91. The van der Waals surface area contributed by atoms with Gasteiger partial charge in [-0.1, -0.05) is 47.5 Å². The van der Waals surface area contributed by atoms with Crippen LogP contribution in [0.15, 0.2) is 51.5 Å². The van der Waals surface area contributed by atoms with Gasteiger partial charge in [0.1, 0.15) is 5.78 Å². The molecule has 6 atom stereocenters. The summed E-state index contributed by atoms with van der Waals surface area (Å²) in [6.07, 6.45) is 10.2. The fraction of sp³-hybridized carbons (Fsp3) is 0.586. The van der Waals surface area contributed by atoms with Gasteiger partial charge in [-0.3, -0.25) is 9.59 Å². The minimum absolute atomic E-state index is 0.0806. The summed E-state index contributed by atoms with van der Waals surface area (Å²) in [5.74, 6) is 3.43. The molecule has 168 valence electrons. The van der Waals surface area contributed by atoms with Crippen molar-refractivity contribution in [1.29, 1.82) is 0 Å². The van der Waals surface area contributed by atoms with Gasteiger partial charge in [0, 0.05) is 28.6 Å². The molecule has 0 aliphatic heterocycles. The van der Waals surface area contributed by atoms with Crippen LogP contribution in [0.2, 0.25) is 0 Å². The number of hydrogen-bond acceptors (Lipinski definition) is 2. The lowest BCUT2D eigenvalue weighted by Gasteiger charge is -2.52. The molecule has 0 radical (unpaired) electrons. The molecule has 3 saturated carbocycles. The monoisotopic (exact) mass is 492 g/mol. The summed E-state index contributed by atoms with van der Waals surface area (Å²) >= 11 is 3.61. The van der Waals surface area contributed by atoms with Crippen LogP contribution in [0.3, 0.4) is 0 Å². The molecule has 3 unspecified atom stereocenters. The molecular formula is C29H33BrO2. The molecule has 3 heteroatoms. The number of hydrogen-bond donors (Lipinski definition) is 0. The SMILES string of the molecule is CC1C[C@H]2[C@@H]3CCC4=CC(=O)CCC4=C3C(c3ccc(Br)cc3)C[C@]2(C)C1C(=O)C1CC1. The molecule has 0 amide bonds. The molecule has 0 heterocycles. The Morgan fingerprint density at radius 2 is 1.81 bits per heavy atom. The largest absolute Gasteiger partial charge is 0.299 e. The molecule has 1 aromatic carbocycles. The lowest BCUT2D eigenvalue weighted by molar-refractivity contribution is -0.130. The highest BCUT2D eigenvalue weighted by molar-refractivity contribution is 9.10. The van der Waals surface area contributed by atoms with Gasteiger partial charge in [0.2, 0.25) is 0 Å². The number of fused-ring (bicyclic) bond motifs is 4. The molecule has 1 aromatic rings. The Bertz CT molecular complexity index is 1040. The van der Waals surface area contributed by atoms with Crippen LogP contribution in [0.1, 0.15) is 76.7 Å². The van der Waals surface area contributed by atoms with Crippen LogP contribution in [-0.4, -0.2) is 11.6 Å². The lowest BCUT2D eigenvalue weighted by atomic mass is 9.51. The zero-order valence-electron chi connectivity index (χ0n) is 19.2. The number of halogens is 1. The molecule has 0 N–H and O–H groups in total. The van der Waals surface area contributed by atoms with E-state index in [-0.39, 0.29) is 11.3 Å². The number of ketones is 2. The Labute approximate surface area is 200 Å². The fourth-order valence-electron chi connectivity index (χ4n) is 8.25. The van der Waals surface area contributed by atoms with E-state index in [2.05, 4.69) is 54.0 Å². The van der Waals surface area contributed by atoms with E-state index in [0.717, 1.165) is 43.0 Å². The molecule has 32 heavy (non-hydrogen) atoms. The van der Waals surface area contributed by atoms with E-state index in [1.807, 2.05) is 6.08 Å².